The molecule has 1 aliphatic heterocycles. The van der Waals surface area contributed by atoms with Crippen LogP contribution in [0.3, 0.4) is 0 Å². The van der Waals surface area contributed by atoms with Gasteiger partial charge in [0.1, 0.15) is 31.0 Å². The van der Waals surface area contributed by atoms with Crippen LogP contribution in [0.15, 0.2) is 0 Å². The summed E-state index contributed by atoms with van der Waals surface area (Å²) >= 11 is 0. The Morgan fingerprint density at radius 1 is 0.854 bits per heavy atom. The molecule has 3 amide bonds. The highest BCUT2D eigenvalue weighted by atomic mass is 31.2. The largest absolute Gasteiger partial charge is 0.472 e. The zero-order valence-corrected chi connectivity index (χ0v) is 29.1. The van der Waals surface area contributed by atoms with E-state index in [0.717, 1.165) is 21.0 Å². The predicted molar refractivity (Wildman–Crippen MR) is 162 cm³/mol. The maximum Gasteiger partial charge on any atom is 0.472 e. The first-order valence-electron chi connectivity index (χ1n) is 15.3. The van der Waals surface area contributed by atoms with Crippen LogP contribution < -0.4 is 16.0 Å². The summed E-state index contributed by atoms with van der Waals surface area (Å²) in [6, 6.07) is -2.16. The van der Waals surface area contributed by atoms with Gasteiger partial charge in [0.05, 0.1) is 12.6 Å². The van der Waals surface area contributed by atoms with Gasteiger partial charge in [0.2, 0.25) is 5.91 Å². The van der Waals surface area contributed by atoms with E-state index < -0.39 is 86.6 Å². The van der Waals surface area contributed by atoms with Crippen LogP contribution in [0.5, 0.6) is 0 Å². The molecule has 2 rings (SSSR count). The van der Waals surface area contributed by atoms with E-state index >= 15 is 0 Å². The molecule has 276 valence electrons. The van der Waals surface area contributed by atoms with Gasteiger partial charge in [0.15, 0.2) is 18.5 Å². The van der Waals surface area contributed by atoms with Gasteiger partial charge in [-0.15, -0.1) is 0 Å². The number of nitrogens with one attached hydrogen (secondary N) is 3. The van der Waals surface area contributed by atoms with Crippen LogP contribution in [-0.4, -0.2) is 131 Å². The van der Waals surface area contributed by atoms with Gasteiger partial charge in [-0.25, -0.2) is 9.36 Å². The summed E-state index contributed by atoms with van der Waals surface area (Å²) in [4.78, 5) is 70.0. The van der Waals surface area contributed by atoms with Gasteiger partial charge in [-0.3, -0.25) is 28.2 Å². The Labute approximate surface area is 278 Å². The smallest absolute Gasteiger partial charge is 0.463 e. The molecule has 20 heteroatoms. The van der Waals surface area contributed by atoms with Gasteiger partial charge in [0, 0.05) is 68.1 Å². The van der Waals surface area contributed by atoms with Crippen LogP contribution in [0.1, 0.15) is 47.0 Å². The summed E-state index contributed by atoms with van der Waals surface area (Å²) < 4.78 is 60.4. The number of esters is 3. The van der Waals surface area contributed by atoms with Crippen LogP contribution in [-0.2, 0) is 65.9 Å². The third-order valence-corrected chi connectivity index (χ3v) is 8.38. The summed E-state index contributed by atoms with van der Waals surface area (Å²) in [5.74, 6) is -2.93. The van der Waals surface area contributed by atoms with Crippen molar-refractivity contribution >= 4 is 37.7 Å². The fourth-order valence-corrected chi connectivity index (χ4v) is 6.22. The zero-order valence-electron chi connectivity index (χ0n) is 28.2. The summed E-state index contributed by atoms with van der Waals surface area (Å²) in [5, 5.41) is 8.16. The Hall–Kier alpha value is -2.90. The van der Waals surface area contributed by atoms with E-state index in [1.807, 2.05) is 0 Å². The Morgan fingerprint density at radius 2 is 1.52 bits per heavy atom. The molecular weight excluding hydrogens is 665 g/mol. The maximum absolute atomic E-state index is 12.7. The highest BCUT2D eigenvalue weighted by Crippen LogP contribution is 2.48. The first kappa shape index (κ1) is 41.3. The van der Waals surface area contributed by atoms with Crippen molar-refractivity contribution in [3.8, 4) is 0 Å². The quantitative estimate of drug-likeness (QED) is 0.0628. The minimum Gasteiger partial charge on any atom is -0.463 e. The number of carbonyl (C=O) groups excluding carboxylic acids is 5. The Bertz CT molecular complexity index is 1140. The highest BCUT2D eigenvalue weighted by molar-refractivity contribution is 7.47. The van der Waals surface area contributed by atoms with Gasteiger partial charge in [-0.2, -0.15) is 0 Å². The van der Waals surface area contributed by atoms with Crippen molar-refractivity contribution in [1.29, 1.82) is 0 Å². The first-order chi connectivity index (χ1) is 22.6. The van der Waals surface area contributed by atoms with Crippen molar-refractivity contribution in [1.82, 2.24) is 16.0 Å². The number of rotatable bonds is 18. The molecule has 3 unspecified atom stereocenters. The normalized spacial score (nSPS) is 29.6. The van der Waals surface area contributed by atoms with E-state index in [1.165, 1.54) is 28.1 Å². The van der Waals surface area contributed by atoms with Gasteiger partial charge < -0.3 is 54.0 Å². The molecule has 1 saturated carbocycles. The molecule has 0 spiro atoms. The SMILES string of the molecule is COC[C@H]1C[C@H](NC(=O)NCCCCO[C@@H]2O[C@H](COC(C)=O)[C@H](OC(C)=O)[C@H](OC(C)=O)[C@H]2NC(C)=O)C(OC)C1OP(=O)(O)OC. The number of urea groups is 1. The van der Waals surface area contributed by atoms with Crippen LogP contribution in [0, 0.1) is 5.92 Å². The lowest BCUT2D eigenvalue weighted by molar-refractivity contribution is -0.277. The molecule has 2 aliphatic rings. The number of carbonyl (C=O) groups is 5. The number of methoxy groups -OCH3 is 2. The number of amides is 3. The van der Waals surface area contributed by atoms with Crippen LogP contribution >= 0.6 is 7.82 Å². The number of hydrogen-bond donors (Lipinski definition) is 4. The van der Waals surface area contributed by atoms with Gasteiger partial charge in [-0.05, 0) is 19.3 Å². The highest BCUT2D eigenvalue weighted by Gasteiger charge is 2.51. The molecule has 4 N–H and O–H groups in total. The average molecular weight is 714 g/mol. The molecule has 0 bridgehead atoms. The van der Waals surface area contributed by atoms with Crippen molar-refractivity contribution < 1.29 is 75.6 Å². The number of phosphoric acid groups is 1. The molecule has 19 nitrogen and oxygen atoms in total. The fraction of sp³-hybridized carbons (Fsp3) is 0.821. The molecule has 1 aliphatic carbocycles. The number of hydrogen-bond acceptors (Lipinski definition) is 15. The predicted octanol–water partition coefficient (Wildman–Crippen LogP) is -0.0796. The number of phosphoric ester groups is 1. The van der Waals surface area contributed by atoms with E-state index in [2.05, 4.69) is 20.5 Å². The molecule has 1 saturated heterocycles. The molecule has 2 fully saturated rings. The van der Waals surface area contributed by atoms with Crippen LogP contribution in [0.25, 0.3) is 0 Å². The zero-order chi connectivity index (χ0) is 36.0. The minimum absolute atomic E-state index is 0.0716. The van der Waals surface area contributed by atoms with Crippen molar-refractivity contribution in [2.75, 3.05) is 47.7 Å². The molecule has 0 aromatic rings. The lowest BCUT2D eigenvalue weighted by atomic mass is 9.96. The topological polar surface area (TPSA) is 242 Å². The fourth-order valence-electron chi connectivity index (χ4n) is 5.53. The Balaban J connectivity index is 1.98. The molecule has 0 radical (unpaired) electrons. The van der Waals surface area contributed by atoms with E-state index in [4.69, 9.17) is 37.7 Å². The molecule has 48 heavy (non-hydrogen) atoms. The monoisotopic (exact) mass is 713 g/mol. The van der Waals surface area contributed by atoms with Crippen molar-refractivity contribution in [3.05, 3.63) is 0 Å². The average Bonchev–Trinajstić information content (AvgIpc) is 3.30. The van der Waals surface area contributed by atoms with E-state index in [1.54, 1.807) is 0 Å². The first-order valence-corrected chi connectivity index (χ1v) is 16.8. The maximum atomic E-state index is 12.7. The van der Waals surface area contributed by atoms with Crippen LogP contribution in [0.2, 0.25) is 0 Å². The van der Waals surface area contributed by atoms with Crippen molar-refractivity contribution in [2.45, 2.75) is 95.9 Å². The van der Waals surface area contributed by atoms with E-state index in [0.29, 0.717) is 19.3 Å². The second-order valence-corrected chi connectivity index (χ2v) is 12.7. The summed E-state index contributed by atoms with van der Waals surface area (Å²) in [5.41, 5.74) is 0. The Kier molecular flexibility index (Phi) is 17.1. The van der Waals surface area contributed by atoms with Crippen molar-refractivity contribution in [2.24, 2.45) is 5.92 Å². The van der Waals surface area contributed by atoms with E-state index in [-0.39, 0.29) is 32.3 Å². The summed E-state index contributed by atoms with van der Waals surface area (Å²) in [6.45, 7) is 4.85. The molecule has 0 aromatic carbocycles. The van der Waals surface area contributed by atoms with E-state index in [9.17, 15) is 33.4 Å². The van der Waals surface area contributed by atoms with Gasteiger partial charge >= 0.3 is 31.8 Å². The molecule has 10 atom stereocenters. The summed E-state index contributed by atoms with van der Waals surface area (Å²) in [6.07, 6.45) is -5.19. The molecular formula is C28H48N3O16P. The van der Waals surface area contributed by atoms with Crippen LogP contribution in [0.4, 0.5) is 4.79 Å². The Morgan fingerprint density at radius 3 is 2.08 bits per heavy atom. The van der Waals surface area contributed by atoms with Crippen molar-refractivity contribution in [3.63, 3.8) is 0 Å². The molecule has 1 heterocycles. The lowest BCUT2D eigenvalue weighted by Crippen LogP contribution is -2.66. The van der Waals surface area contributed by atoms with Gasteiger partial charge in [0.25, 0.3) is 0 Å². The number of ether oxygens (including phenoxy) is 7. The second-order valence-electron chi connectivity index (χ2n) is 11.2. The third-order valence-electron chi connectivity index (χ3n) is 7.41. The standard InChI is InChI=1S/C28H48N3O16P/c1-15(32)30-22-26(45-18(4)35)25(44-17(3)34)21(14-43-16(2)33)46-27(22)42-11-9-8-10-29-28(36)31-20-12-19(13-39-5)23(24(20)40-6)47-48(37,38)41-7/h19-27H,8-14H2,1-7H3,(H,30,32)(H,37,38)(H2,29,31,36)/t19-,20+,21-,22-,23?,24?,25+,26-,27-/m1/s1. The lowest BCUT2D eigenvalue weighted by Gasteiger charge is -2.44. The summed E-state index contributed by atoms with van der Waals surface area (Å²) in [7, 11) is -0.422. The second kappa shape index (κ2) is 19.9. The number of unbranched alkanes of at least 4 members (excludes halogenated alkanes) is 1. The third kappa shape index (κ3) is 13.2. The minimum atomic E-state index is -4.34. The van der Waals surface area contributed by atoms with Gasteiger partial charge in [-0.1, -0.05) is 0 Å². The molecule has 0 aromatic heterocycles.